The summed E-state index contributed by atoms with van der Waals surface area (Å²) in [4.78, 5) is 10.8. The topological polar surface area (TPSA) is 46.5 Å². The Bertz CT molecular complexity index is 390. The molecule has 0 bridgehead atoms. The van der Waals surface area contributed by atoms with Gasteiger partial charge >= 0.3 is 5.97 Å². The normalized spacial score (nSPS) is 10.0. The SMILES string of the molecule is COC(=O)c1cc(F)c(F)c(O)c1F. The van der Waals surface area contributed by atoms with Crippen LogP contribution in [-0.2, 0) is 4.74 Å². The van der Waals surface area contributed by atoms with Gasteiger partial charge in [0.25, 0.3) is 0 Å². The van der Waals surface area contributed by atoms with Gasteiger partial charge in [-0.1, -0.05) is 0 Å². The van der Waals surface area contributed by atoms with Gasteiger partial charge in [-0.25, -0.2) is 13.6 Å². The van der Waals surface area contributed by atoms with E-state index in [1.54, 1.807) is 0 Å². The van der Waals surface area contributed by atoms with Gasteiger partial charge in [-0.2, -0.15) is 4.39 Å². The molecule has 3 nitrogen and oxygen atoms in total. The number of ether oxygens (including phenoxy) is 1. The molecule has 0 heterocycles. The van der Waals surface area contributed by atoms with Crippen molar-refractivity contribution in [3.8, 4) is 5.75 Å². The molecule has 0 saturated heterocycles. The Balaban J connectivity index is 3.40. The lowest BCUT2D eigenvalue weighted by atomic mass is 10.2. The fourth-order valence-electron chi connectivity index (χ4n) is 0.849. The summed E-state index contributed by atoms with van der Waals surface area (Å²) in [6, 6.07) is 0.316. The molecule has 1 N–H and O–H groups in total. The van der Waals surface area contributed by atoms with Gasteiger partial charge in [0.2, 0.25) is 5.82 Å². The lowest BCUT2D eigenvalue weighted by Crippen LogP contribution is -2.06. The fourth-order valence-corrected chi connectivity index (χ4v) is 0.849. The van der Waals surface area contributed by atoms with Gasteiger partial charge in [-0.3, -0.25) is 0 Å². The Morgan fingerprint density at radius 2 is 1.93 bits per heavy atom. The van der Waals surface area contributed by atoms with E-state index >= 15 is 0 Å². The number of rotatable bonds is 1. The van der Waals surface area contributed by atoms with E-state index in [1.165, 1.54) is 0 Å². The van der Waals surface area contributed by atoms with Crippen LogP contribution in [0, 0.1) is 17.5 Å². The molecule has 0 amide bonds. The molecule has 1 aromatic rings. The Kier molecular flexibility index (Phi) is 2.64. The lowest BCUT2D eigenvalue weighted by molar-refractivity contribution is 0.0593. The summed E-state index contributed by atoms with van der Waals surface area (Å²) >= 11 is 0. The second-order valence-electron chi connectivity index (χ2n) is 2.37. The number of benzene rings is 1. The van der Waals surface area contributed by atoms with Crippen molar-refractivity contribution in [2.45, 2.75) is 0 Å². The number of esters is 1. The van der Waals surface area contributed by atoms with Gasteiger partial charge < -0.3 is 9.84 Å². The van der Waals surface area contributed by atoms with Crippen LogP contribution in [0.4, 0.5) is 13.2 Å². The van der Waals surface area contributed by atoms with Crippen LogP contribution in [0.15, 0.2) is 6.07 Å². The van der Waals surface area contributed by atoms with Crippen LogP contribution in [0.25, 0.3) is 0 Å². The predicted molar refractivity (Wildman–Crippen MR) is 39.3 cm³/mol. The smallest absolute Gasteiger partial charge is 0.341 e. The van der Waals surface area contributed by atoms with Crippen LogP contribution < -0.4 is 0 Å². The molecule has 0 spiro atoms. The number of aromatic hydroxyl groups is 1. The van der Waals surface area contributed by atoms with Crippen molar-refractivity contribution < 1.29 is 27.8 Å². The first kappa shape index (κ1) is 10.4. The minimum atomic E-state index is -1.74. The molecular formula is C8H5F3O3. The quantitative estimate of drug-likeness (QED) is 0.560. The molecule has 14 heavy (non-hydrogen) atoms. The maximum atomic E-state index is 12.9. The average molecular weight is 206 g/mol. The number of halogens is 3. The summed E-state index contributed by atoms with van der Waals surface area (Å²) in [5.74, 6) is -7.54. The molecule has 0 aromatic heterocycles. The summed E-state index contributed by atoms with van der Waals surface area (Å²) in [6.45, 7) is 0. The van der Waals surface area contributed by atoms with Gasteiger partial charge in [0.05, 0.1) is 7.11 Å². The minimum Gasteiger partial charge on any atom is -0.503 e. The minimum absolute atomic E-state index is 0.316. The van der Waals surface area contributed by atoms with E-state index in [9.17, 15) is 18.0 Å². The van der Waals surface area contributed by atoms with E-state index in [-0.39, 0.29) is 0 Å². The van der Waals surface area contributed by atoms with E-state index in [1.807, 2.05) is 0 Å². The highest BCUT2D eigenvalue weighted by Gasteiger charge is 2.22. The molecular weight excluding hydrogens is 201 g/mol. The zero-order valence-corrected chi connectivity index (χ0v) is 6.97. The van der Waals surface area contributed by atoms with Crippen LogP contribution in [-0.4, -0.2) is 18.2 Å². The molecule has 0 aliphatic heterocycles. The molecule has 6 heteroatoms. The second kappa shape index (κ2) is 3.57. The first-order valence-electron chi connectivity index (χ1n) is 3.43. The molecule has 0 radical (unpaired) electrons. The molecule has 1 rings (SSSR count). The molecule has 0 saturated carbocycles. The molecule has 0 atom stereocenters. The summed E-state index contributed by atoms with van der Waals surface area (Å²) in [5, 5.41) is 8.71. The van der Waals surface area contributed by atoms with Gasteiger partial charge in [-0.15, -0.1) is 0 Å². The zero-order chi connectivity index (χ0) is 10.9. The average Bonchev–Trinajstić information content (AvgIpc) is 2.19. The van der Waals surface area contributed by atoms with E-state index in [0.29, 0.717) is 6.07 Å². The first-order valence-corrected chi connectivity index (χ1v) is 3.43. The molecule has 0 unspecified atom stereocenters. The van der Waals surface area contributed by atoms with Crippen LogP contribution in [0.3, 0.4) is 0 Å². The number of phenols is 1. The van der Waals surface area contributed by atoms with Gasteiger partial charge in [0, 0.05) is 0 Å². The van der Waals surface area contributed by atoms with Gasteiger partial charge in [0.15, 0.2) is 17.4 Å². The van der Waals surface area contributed by atoms with Gasteiger partial charge in [-0.05, 0) is 6.07 Å². The highest BCUT2D eigenvalue weighted by Crippen LogP contribution is 2.25. The Morgan fingerprint density at radius 3 is 2.43 bits per heavy atom. The van der Waals surface area contributed by atoms with Crippen molar-refractivity contribution in [2.75, 3.05) is 7.11 Å². The van der Waals surface area contributed by atoms with Crippen molar-refractivity contribution in [3.05, 3.63) is 29.1 Å². The molecule has 0 aliphatic rings. The Labute approximate surface area is 76.7 Å². The third kappa shape index (κ3) is 1.50. The second-order valence-corrected chi connectivity index (χ2v) is 2.37. The number of carbonyl (C=O) groups excluding carboxylic acids is 1. The van der Waals surface area contributed by atoms with Crippen molar-refractivity contribution in [3.63, 3.8) is 0 Å². The Morgan fingerprint density at radius 1 is 1.36 bits per heavy atom. The molecule has 76 valence electrons. The van der Waals surface area contributed by atoms with E-state index < -0.39 is 34.7 Å². The number of methoxy groups -OCH3 is 1. The summed E-state index contributed by atoms with van der Waals surface area (Å²) in [5.41, 5.74) is -0.857. The number of hydrogen-bond donors (Lipinski definition) is 1. The highest BCUT2D eigenvalue weighted by molar-refractivity contribution is 5.90. The number of phenolic OH excluding ortho intramolecular Hbond substituents is 1. The van der Waals surface area contributed by atoms with Crippen LogP contribution in [0.1, 0.15) is 10.4 Å². The van der Waals surface area contributed by atoms with Crippen molar-refractivity contribution in [1.29, 1.82) is 0 Å². The molecule has 0 aliphatic carbocycles. The van der Waals surface area contributed by atoms with Crippen LogP contribution in [0.5, 0.6) is 5.75 Å². The summed E-state index contributed by atoms with van der Waals surface area (Å²) in [7, 11) is 0.945. The highest BCUT2D eigenvalue weighted by atomic mass is 19.2. The van der Waals surface area contributed by atoms with Crippen molar-refractivity contribution >= 4 is 5.97 Å². The van der Waals surface area contributed by atoms with Gasteiger partial charge in [0.1, 0.15) is 5.56 Å². The number of carbonyl (C=O) groups is 1. The van der Waals surface area contributed by atoms with E-state index in [0.717, 1.165) is 7.11 Å². The molecule has 0 fully saturated rings. The lowest BCUT2D eigenvalue weighted by Gasteiger charge is -2.04. The largest absolute Gasteiger partial charge is 0.503 e. The zero-order valence-electron chi connectivity index (χ0n) is 6.97. The summed E-state index contributed by atoms with van der Waals surface area (Å²) < 4.78 is 42.1. The Hall–Kier alpha value is -1.72. The van der Waals surface area contributed by atoms with Crippen molar-refractivity contribution in [1.82, 2.24) is 0 Å². The van der Waals surface area contributed by atoms with E-state index in [2.05, 4.69) is 4.74 Å². The maximum Gasteiger partial charge on any atom is 0.341 e. The maximum absolute atomic E-state index is 12.9. The van der Waals surface area contributed by atoms with E-state index in [4.69, 9.17) is 5.11 Å². The monoisotopic (exact) mass is 206 g/mol. The summed E-state index contributed by atoms with van der Waals surface area (Å²) in [6.07, 6.45) is 0. The van der Waals surface area contributed by atoms with Crippen molar-refractivity contribution in [2.24, 2.45) is 0 Å². The fraction of sp³-hybridized carbons (Fsp3) is 0.125. The first-order chi connectivity index (χ1) is 6.49. The van der Waals surface area contributed by atoms with Crippen LogP contribution in [0.2, 0.25) is 0 Å². The molecule has 1 aromatic carbocycles. The standard InChI is InChI=1S/C8H5F3O3/c1-14-8(13)3-2-4(9)6(11)7(12)5(3)10/h2,12H,1H3. The third-order valence-corrected chi connectivity index (χ3v) is 1.54. The van der Waals surface area contributed by atoms with Crippen LogP contribution >= 0.6 is 0 Å². The third-order valence-electron chi connectivity index (χ3n) is 1.54. The number of hydrogen-bond acceptors (Lipinski definition) is 3. The predicted octanol–water partition coefficient (Wildman–Crippen LogP) is 1.60.